The van der Waals surface area contributed by atoms with Crippen LogP contribution in [0, 0.1) is 11.8 Å². The minimum Gasteiger partial charge on any atom is -0.369 e. The lowest BCUT2D eigenvalue weighted by Gasteiger charge is -2.31. The monoisotopic (exact) mass is 524 g/mol. The van der Waals surface area contributed by atoms with Crippen LogP contribution in [0.4, 0.5) is 27.5 Å². The number of benzene rings is 3. The van der Waals surface area contributed by atoms with Crippen LogP contribution in [-0.2, 0) is 0 Å². The van der Waals surface area contributed by atoms with Gasteiger partial charge in [-0.1, -0.05) is 75.3 Å². The van der Waals surface area contributed by atoms with Crippen LogP contribution in [-0.4, -0.2) is 39.7 Å². The summed E-state index contributed by atoms with van der Waals surface area (Å²) in [5, 5.41) is 23.9. The third-order valence-corrected chi connectivity index (χ3v) is 5.86. The summed E-state index contributed by atoms with van der Waals surface area (Å²) in [6.07, 6.45) is 0. The Morgan fingerprint density at radius 1 is 0.974 bits per heavy atom. The van der Waals surface area contributed by atoms with E-state index in [0.29, 0.717) is 34.7 Å². The number of nitrogens with zero attached hydrogens (tertiary/aromatic N) is 7. The Hall–Kier alpha value is -4.89. The number of rotatable bonds is 10. The highest BCUT2D eigenvalue weighted by Crippen LogP contribution is 2.36. The summed E-state index contributed by atoms with van der Waals surface area (Å²) in [6.45, 7) is 10.4. The van der Waals surface area contributed by atoms with Crippen molar-refractivity contribution < 1.29 is 4.79 Å². The lowest BCUT2D eigenvalue weighted by molar-refractivity contribution is 0.262. The first-order valence-electron chi connectivity index (χ1n) is 12.8. The molecule has 0 unspecified atom stereocenters. The van der Waals surface area contributed by atoms with Crippen LogP contribution in [0.1, 0.15) is 27.7 Å². The average molecular weight is 525 g/mol. The second-order valence-electron chi connectivity index (χ2n) is 10.0. The highest BCUT2D eigenvalue weighted by molar-refractivity contribution is 6.03. The number of amides is 2. The van der Waals surface area contributed by atoms with Crippen molar-refractivity contribution in [1.82, 2.24) is 20.6 Å². The molecule has 0 atom stereocenters. The van der Waals surface area contributed by atoms with Gasteiger partial charge in [-0.3, -0.25) is 0 Å². The standard InChI is InChI=1S/C28H32N10O/c1-18(2)16-38(17-19(3)4)26-13-12-20(23-10-5-6-11-24(23)27-33-36-37-34-27)14-25(26)31-28(39)30-21-8-7-9-22(15-21)32-35-29/h5-15,18-19H,16-17H2,1-4H3,(H2,30,31,39)(H,33,34,36,37). The van der Waals surface area contributed by atoms with Gasteiger partial charge in [0, 0.05) is 34.9 Å². The number of aromatic nitrogens is 4. The van der Waals surface area contributed by atoms with Crippen molar-refractivity contribution in [3.05, 3.63) is 77.2 Å². The molecule has 2 amide bonds. The molecule has 4 aromatic rings. The highest BCUT2D eigenvalue weighted by Gasteiger charge is 2.19. The Balaban J connectivity index is 1.74. The Kier molecular flexibility index (Phi) is 8.75. The highest BCUT2D eigenvalue weighted by atomic mass is 16.2. The molecular formula is C28H32N10O. The van der Waals surface area contributed by atoms with Crippen LogP contribution >= 0.6 is 0 Å². The molecule has 200 valence electrons. The van der Waals surface area contributed by atoms with Crippen molar-refractivity contribution in [2.45, 2.75) is 27.7 Å². The van der Waals surface area contributed by atoms with Crippen molar-refractivity contribution in [3.8, 4) is 22.5 Å². The number of hydrogen-bond donors (Lipinski definition) is 3. The van der Waals surface area contributed by atoms with Crippen molar-refractivity contribution >= 4 is 28.8 Å². The van der Waals surface area contributed by atoms with Gasteiger partial charge in [-0.25, -0.2) is 9.89 Å². The molecule has 11 heteroatoms. The lowest BCUT2D eigenvalue weighted by atomic mass is 9.97. The van der Waals surface area contributed by atoms with Gasteiger partial charge in [0.05, 0.1) is 11.4 Å². The number of H-pyrrole nitrogens is 1. The zero-order valence-corrected chi connectivity index (χ0v) is 22.5. The topological polar surface area (TPSA) is 148 Å². The molecule has 0 aliphatic carbocycles. The molecule has 11 nitrogen and oxygen atoms in total. The summed E-state index contributed by atoms with van der Waals surface area (Å²) in [4.78, 5) is 18.3. The fourth-order valence-corrected chi connectivity index (χ4v) is 4.43. The van der Waals surface area contributed by atoms with Crippen LogP contribution in [0.15, 0.2) is 71.8 Å². The Morgan fingerprint density at radius 2 is 1.72 bits per heavy atom. The van der Waals surface area contributed by atoms with E-state index in [4.69, 9.17) is 5.53 Å². The molecular weight excluding hydrogens is 492 g/mol. The molecule has 0 saturated heterocycles. The average Bonchev–Trinajstić information content (AvgIpc) is 3.43. The second kappa shape index (κ2) is 12.6. The van der Waals surface area contributed by atoms with Crippen LogP contribution < -0.4 is 15.5 Å². The summed E-state index contributed by atoms with van der Waals surface area (Å²) in [6, 6.07) is 20.2. The van der Waals surface area contributed by atoms with Crippen LogP contribution in [0.2, 0.25) is 0 Å². The molecule has 0 saturated carbocycles. The molecule has 0 aliphatic rings. The maximum Gasteiger partial charge on any atom is 0.323 e. The molecule has 0 bridgehead atoms. The van der Waals surface area contributed by atoms with E-state index in [9.17, 15) is 4.79 Å². The number of anilines is 3. The van der Waals surface area contributed by atoms with Gasteiger partial charge in [-0.05, 0) is 63.2 Å². The summed E-state index contributed by atoms with van der Waals surface area (Å²) < 4.78 is 0. The van der Waals surface area contributed by atoms with E-state index in [0.717, 1.165) is 35.5 Å². The number of hydrogen-bond acceptors (Lipinski definition) is 6. The third-order valence-electron chi connectivity index (χ3n) is 5.86. The molecule has 4 rings (SSSR count). The Bertz CT molecular complexity index is 1450. The van der Waals surface area contributed by atoms with E-state index in [2.05, 4.69) is 79.9 Å². The van der Waals surface area contributed by atoms with E-state index in [1.807, 2.05) is 36.4 Å². The van der Waals surface area contributed by atoms with Crippen molar-refractivity contribution in [1.29, 1.82) is 0 Å². The quantitative estimate of drug-likeness (QED) is 0.114. The number of urea groups is 1. The van der Waals surface area contributed by atoms with Gasteiger partial charge in [0.2, 0.25) is 0 Å². The van der Waals surface area contributed by atoms with E-state index < -0.39 is 6.03 Å². The second-order valence-corrected chi connectivity index (χ2v) is 10.0. The van der Waals surface area contributed by atoms with Gasteiger partial charge in [-0.2, -0.15) is 0 Å². The van der Waals surface area contributed by atoms with Gasteiger partial charge in [0.15, 0.2) is 5.82 Å². The Labute approximate surface area is 227 Å². The van der Waals surface area contributed by atoms with E-state index in [-0.39, 0.29) is 0 Å². The molecule has 3 aromatic carbocycles. The molecule has 0 radical (unpaired) electrons. The number of carbonyl (C=O) groups is 1. The van der Waals surface area contributed by atoms with Gasteiger partial charge >= 0.3 is 6.03 Å². The maximum absolute atomic E-state index is 13.2. The smallest absolute Gasteiger partial charge is 0.323 e. The molecule has 39 heavy (non-hydrogen) atoms. The third kappa shape index (κ3) is 7.12. The predicted octanol–water partition coefficient (Wildman–Crippen LogP) is 7.24. The zero-order valence-electron chi connectivity index (χ0n) is 22.5. The fraction of sp³-hybridized carbons (Fsp3) is 0.286. The molecule has 0 spiro atoms. The number of carbonyl (C=O) groups excluding carboxylic acids is 1. The predicted molar refractivity (Wildman–Crippen MR) is 155 cm³/mol. The first-order chi connectivity index (χ1) is 18.8. The molecule has 0 aliphatic heterocycles. The van der Waals surface area contributed by atoms with Crippen LogP contribution in [0.5, 0.6) is 0 Å². The summed E-state index contributed by atoms with van der Waals surface area (Å²) in [5.74, 6) is 1.41. The van der Waals surface area contributed by atoms with Gasteiger partial charge in [0.1, 0.15) is 0 Å². The molecule has 0 fully saturated rings. The number of nitrogens with one attached hydrogen (secondary N) is 3. The molecule has 3 N–H and O–H groups in total. The number of aromatic amines is 1. The zero-order chi connectivity index (χ0) is 27.8. The number of azide groups is 1. The van der Waals surface area contributed by atoms with Crippen LogP contribution in [0.25, 0.3) is 33.0 Å². The molecule has 1 aromatic heterocycles. The number of tetrazole rings is 1. The maximum atomic E-state index is 13.2. The molecule has 1 heterocycles. The van der Waals surface area contributed by atoms with E-state index in [1.165, 1.54) is 0 Å². The van der Waals surface area contributed by atoms with E-state index >= 15 is 0 Å². The van der Waals surface area contributed by atoms with Crippen molar-refractivity contribution in [3.63, 3.8) is 0 Å². The van der Waals surface area contributed by atoms with Gasteiger partial charge < -0.3 is 15.5 Å². The minimum absolute atomic E-state index is 0.409. The van der Waals surface area contributed by atoms with Gasteiger partial charge in [0.25, 0.3) is 0 Å². The van der Waals surface area contributed by atoms with Crippen LogP contribution in [0.3, 0.4) is 0 Å². The van der Waals surface area contributed by atoms with E-state index in [1.54, 1.807) is 24.3 Å². The summed E-state index contributed by atoms with van der Waals surface area (Å²) in [5.41, 5.74) is 13.9. The first kappa shape index (κ1) is 27.2. The first-order valence-corrected chi connectivity index (χ1v) is 12.8. The SMILES string of the molecule is CC(C)CN(CC(C)C)c1ccc(-c2ccccc2-c2nnn[nH]2)cc1NC(=O)Nc1cccc(N=[N+]=[N-])c1. The Morgan fingerprint density at radius 3 is 2.38 bits per heavy atom. The summed E-state index contributed by atoms with van der Waals surface area (Å²) >= 11 is 0. The lowest BCUT2D eigenvalue weighted by Crippen LogP contribution is -2.32. The fourth-order valence-electron chi connectivity index (χ4n) is 4.43. The summed E-state index contributed by atoms with van der Waals surface area (Å²) in [7, 11) is 0. The van der Waals surface area contributed by atoms with Crippen molar-refractivity contribution in [2.24, 2.45) is 17.0 Å². The van der Waals surface area contributed by atoms with Gasteiger partial charge in [-0.15, -0.1) is 5.10 Å². The normalized spacial score (nSPS) is 10.8. The minimum atomic E-state index is -0.409. The van der Waals surface area contributed by atoms with Crippen molar-refractivity contribution in [2.75, 3.05) is 28.6 Å². The largest absolute Gasteiger partial charge is 0.369 e.